The smallest absolute Gasteiger partial charge is 0.0236 e. The van der Waals surface area contributed by atoms with E-state index in [9.17, 15) is 0 Å². The van der Waals surface area contributed by atoms with E-state index >= 15 is 0 Å². The van der Waals surface area contributed by atoms with Crippen LogP contribution in [-0.4, -0.2) is 18.5 Å². The number of benzene rings is 1. The Labute approximate surface area is 68.7 Å². The van der Waals surface area contributed by atoms with Crippen LogP contribution in [0.1, 0.15) is 12.5 Å². The average Bonchev–Trinajstić information content (AvgIpc) is 2.06. The van der Waals surface area contributed by atoms with Crippen molar-refractivity contribution in [2.75, 3.05) is 13.6 Å². The molecule has 0 aliphatic carbocycles. The van der Waals surface area contributed by atoms with Gasteiger partial charge < -0.3 is 4.90 Å². The first-order valence-electron chi connectivity index (χ1n) is 3.97. The molecule has 1 radical (unpaired) electrons. The van der Waals surface area contributed by atoms with E-state index in [1.807, 2.05) is 12.1 Å². The lowest BCUT2D eigenvalue weighted by Gasteiger charge is -2.12. The van der Waals surface area contributed by atoms with Crippen molar-refractivity contribution < 1.29 is 0 Å². The SMILES string of the molecule is CCN(C)Cc1[c]cccc1. The van der Waals surface area contributed by atoms with Gasteiger partial charge in [0.1, 0.15) is 0 Å². The molecule has 0 spiro atoms. The van der Waals surface area contributed by atoms with Gasteiger partial charge in [-0.1, -0.05) is 31.2 Å². The standard InChI is InChI=1S/C10H14N/c1-3-11(2)9-10-7-5-4-6-8-10/h4-7H,3,9H2,1-2H3. The molecule has 59 valence electrons. The second-order valence-corrected chi connectivity index (χ2v) is 2.72. The van der Waals surface area contributed by atoms with Crippen LogP contribution in [0.2, 0.25) is 0 Å². The van der Waals surface area contributed by atoms with Crippen molar-refractivity contribution in [2.45, 2.75) is 13.5 Å². The normalized spacial score (nSPS) is 10.5. The van der Waals surface area contributed by atoms with Gasteiger partial charge in [-0.25, -0.2) is 0 Å². The first-order valence-corrected chi connectivity index (χ1v) is 3.97. The van der Waals surface area contributed by atoms with E-state index in [1.165, 1.54) is 5.56 Å². The van der Waals surface area contributed by atoms with Crippen molar-refractivity contribution in [1.29, 1.82) is 0 Å². The molecule has 0 N–H and O–H groups in total. The van der Waals surface area contributed by atoms with Crippen LogP contribution >= 0.6 is 0 Å². The van der Waals surface area contributed by atoms with Crippen LogP contribution in [0.15, 0.2) is 24.3 Å². The average molecular weight is 148 g/mol. The van der Waals surface area contributed by atoms with Gasteiger partial charge in [0.05, 0.1) is 0 Å². The molecule has 1 aromatic rings. The van der Waals surface area contributed by atoms with Gasteiger partial charge in [-0.15, -0.1) is 0 Å². The fourth-order valence-corrected chi connectivity index (χ4v) is 0.931. The quantitative estimate of drug-likeness (QED) is 0.633. The Kier molecular flexibility index (Phi) is 3.12. The Morgan fingerprint density at radius 2 is 2.27 bits per heavy atom. The topological polar surface area (TPSA) is 3.24 Å². The minimum absolute atomic E-state index is 0.997. The van der Waals surface area contributed by atoms with Crippen molar-refractivity contribution in [3.05, 3.63) is 35.9 Å². The minimum Gasteiger partial charge on any atom is -0.302 e. The van der Waals surface area contributed by atoms with Crippen LogP contribution in [0.4, 0.5) is 0 Å². The van der Waals surface area contributed by atoms with Crippen LogP contribution in [-0.2, 0) is 6.54 Å². The van der Waals surface area contributed by atoms with E-state index in [0.717, 1.165) is 13.1 Å². The van der Waals surface area contributed by atoms with Crippen LogP contribution in [0.3, 0.4) is 0 Å². The van der Waals surface area contributed by atoms with E-state index in [-0.39, 0.29) is 0 Å². The zero-order valence-electron chi connectivity index (χ0n) is 7.17. The molecule has 1 nitrogen and oxygen atoms in total. The van der Waals surface area contributed by atoms with Gasteiger partial charge in [0, 0.05) is 6.54 Å². The summed E-state index contributed by atoms with van der Waals surface area (Å²) in [6, 6.07) is 11.3. The molecular weight excluding hydrogens is 134 g/mol. The molecule has 0 atom stereocenters. The molecule has 0 amide bonds. The molecule has 0 unspecified atom stereocenters. The highest BCUT2D eigenvalue weighted by Crippen LogP contribution is 2.00. The van der Waals surface area contributed by atoms with Crippen LogP contribution in [0.25, 0.3) is 0 Å². The van der Waals surface area contributed by atoms with Gasteiger partial charge in [0.15, 0.2) is 0 Å². The lowest BCUT2D eigenvalue weighted by Crippen LogP contribution is -2.16. The van der Waals surface area contributed by atoms with Crippen LogP contribution < -0.4 is 0 Å². The number of hydrogen-bond donors (Lipinski definition) is 0. The number of nitrogens with zero attached hydrogens (tertiary/aromatic N) is 1. The molecule has 0 aromatic heterocycles. The van der Waals surface area contributed by atoms with E-state index in [1.54, 1.807) is 0 Å². The minimum atomic E-state index is 0.997. The predicted molar refractivity (Wildman–Crippen MR) is 47.3 cm³/mol. The summed E-state index contributed by atoms with van der Waals surface area (Å²) in [6.07, 6.45) is 0. The summed E-state index contributed by atoms with van der Waals surface area (Å²) < 4.78 is 0. The van der Waals surface area contributed by atoms with Crippen molar-refractivity contribution in [2.24, 2.45) is 0 Å². The zero-order chi connectivity index (χ0) is 8.10. The molecular formula is C10H14N. The summed E-state index contributed by atoms with van der Waals surface area (Å²) in [5.74, 6) is 0. The van der Waals surface area contributed by atoms with Crippen molar-refractivity contribution in [3.8, 4) is 0 Å². The third-order valence-corrected chi connectivity index (χ3v) is 1.75. The van der Waals surface area contributed by atoms with Gasteiger partial charge in [-0.2, -0.15) is 0 Å². The third-order valence-electron chi connectivity index (χ3n) is 1.75. The molecule has 1 heteroatoms. The summed E-state index contributed by atoms with van der Waals surface area (Å²) in [6.45, 7) is 4.24. The van der Waals surface area contributed by atoms with Crippen molar-refractivity contribution in [1.82, 2.24) is 4.90 Å². The molecule has 1 rings (SSSR count). The monoisotopic (exact) mass is 148 g/mol. The summed E-state index contributed by atoms with van der Waals surface area (Å²) in [5.41, 5.74) is 1.26. The Morgan fingerprint density at radius 1 is 1.45 bits per heavy atom. The fraction of sp³-hybridized carbons (Fsp3) is 0.400. The van der Waals surface area contributed by atoms with Crippen LogP contribution in [0.5, 0.6) is 0 Å². The molecule has 0 aliphatic heterocycles. The summed E-state index contributed by atoms with van der Waals surface area (Å²) in [7, 11) is 2.11. The Bertz CT molecular complexity index is 193. The molecule has 0 fully saturated rings. The fourth-order valence-electron chi connectivity index (χ4n) is 0.931. The zero-order valence-corrected chi connectivity index (χ0v) is 7.17. The van der Waals surface area contributed by atoms with E-state index in [0.29, 0.717) is 0 Å². The highest BCUT2D eigenvalue weighted by atomic mass is 15.1. The lowest BCUT2D eigenvalue weighted by atomic mass is 10.2. The third kappa shape index (κ3) is 2.72. The lowest BCUT2D eigenvalue weighted by molar-refractivity contribution is 0.345. The van der Waals surface area contributed by atoms with Gasteiger partial charge in [-0.05, 0) is 25.2 Å². The molecule has 0 bridgehead atoms. The van der Waals surface area contributed by atoms with E-state index in [4.69, 9.17) is 0 Å². The van der Waals surface area contributed by atoms with Crippen molar-refractivity contribution in [3.63, 3.8) is 0 Å². The molecule has 0 heterocycles. The Hall–Kier alpha value is -0.820. The number of rotatable bonds is 3. The molecule has 0 saturated heterocycles. The molecule has 11 heavy (non-hydrogen) atoms. The van der Waals surface area contributed by atoms with Crippen LogP contribution in [0, 0.1) is 6.07 Å². The molecule has 0 aliphatic rings. The molecule has 1 aromatic carbocycles. The highest BCUT2D eigenvalue weighted by molar-refractivity contribution is 5.12. The first-order chi connectivity index (χ1) is 5.33. The first kappa shape index (κ1) is 8.28. The van der Waals surface area contributed by atoms with Crippen molar-refractivity contribution >= 4 is 0 Å². The van der Waals surface area contributed by atoms with E-state index < -0.39 is 0 Å². The maximum atomic E-state index is 3.19. The maximum Gasteiger partial charge on any atom is 0.0236 e. The summed E-state index contributed by atoms with van der Waals surface area (Å²) >= 11 is 0. The Morgan fingerprint density at radius 3 is 2.82 bits per heavy atom. The largest absolute Gasteiger partial charge is 0.302 e. The summed E-state index contributed by atoms with van der Waals surface area (Å²) in [5, 5.41) is 0. The maximum absolute atomic E-state index is 3.19. The van der Waals surface area contributed by atoms with Gasteiger partial charge in [0.25, 0.3) is 0 Å². The second kappa shape index (κ2) is 4.14. The predicted octanol–water partition coefficient (Wildman–Crippen LogP) is 1.94. The summed E-state index contributed by atoms with van der Waals surface area (Å²) in [4.78, 5) is 2.26. The second-order valence-electron chi connectivity index (χ2n) is 2.72. The molecule has 0 saturated carbocycles. The van der Waals surface area contributed by atoms with Gasteiger partial charge in [-0.3, -0.25) is 0 Å². The van der Waals surface area contributed by atoms with E-state index in [2.05, 4.69) is 37.1 Å². The number of hydrogen-bond acceptors (Lipinski definition) is 1. The van der Waals surface area contributed by atoms with Gasteiger partial charge in [0.2, 0.25) is 0 Å². The van der Waals surface area contributed by atoms with Gasteiger partial charge >= 0.3 is 0 Å². The highest BCUT2D eigenvalue weighted by Gasteiger charge is 1.94. The Balaban J connectivity index is 2.51.